The molecule has 1 N–H and O–H groups in total. The van der Waals surface area contributed by atoms with E-state index in [9.17, 15) is 14.0 Å². The molecule has 8 heteroatoms. The zero-order chi connectivity index (χ0) is 19.4. The minimum Gasteiger partial charge on any atom is -0.406 e. The van der Waals surface area contributed by atoms with E-state index in [-0.39, 0.29) is 23.0 Å². The van der Waals surface area contributed by atoms with Crippen molar-refractivity contribution in [3.63, 3.8) is 0 Å². The Morgan fingerprint density at radius 1 is 1.11 bits per heavy atom. The Labute approximate surface area is 163 Å². The van der Waals surface area contributed by atoms with Gasteiger partial charge >= 0.3 is 0 Å². The van der Waals surface area contributed by atoms with E-state index >= 15 is 0 Å². The molecule has 3 rings (SSSR count). The maximum absolute atomic E-state index is 12.9. The topological polar surface area (TPSA) is 60.3 Å². The minimum atomic E-state index is -0.637. The van der Waals surface area contributed by atoms with Crippen molar-refractivity contribution in [1.82, 2.24) is 4.73 Å². The fourth-order valence-corrected chi connectivity index (χ4v) is 2.71. The quantitative estimate of drug-likeness (QED) is 0.691. The molecule has 0 aliphatic carbocycles. The van der Waals surface area contributed by atoms with Gasteiger partial charge in [-0.1, -0.05) is 35.3 Å². The number of benzene rings is 2. The summed E-state index contributed by atoms with van der Waals surface area (Å²) in [5.41, 5.74) is 0.240. The summed E-state index contributed by atoms with van der Waals surface area (Å²) in [5, 5.41) is 3.24. The van der Waals surface area contributed by atoms with Crippen molar-refractivity contribution in [3.8, 4) is 0 Å². The molecule has 27 heavy (non-hydrogen) atoms. The first kappa shape index (κ1) is 18.9. The number of anilines is 1. The molecule has 1 aromatic heterocycles. The van der Waals surface area contributed by atoms with Crippen molar-refractivity contribution < 1.29 is 14.0 Å². The van der Waals surface area contributed by atoms with Crippen molar-refractivity contribution in [2.75, 3.05) is 5.32 Å². The van der Waals surface area contributed by atoms with E-state index in [2.05, 4.69) is 5.32 Å². The Kier molecular flexibility index (Phi) is 5.78. The molecule has 3 aromatic rings. The third kappa shape index (κ3) is 4.67. The van der Waals surface area contributed by atoms with Gasteiger partial charge in [0.1, 0.15) is 18.0 Å². The van der Waals surface area contributed by atoms with Gasteiger partial charge in [-0.25, -0.2) is 4.39 Å². The van der Waals surface area contributed by atoms with Gasteiger partial charge in [-0.2, -0.15) is 4.73 Å². The first-order valence-electron chi connectivity index (χ1n) is 7.80. The van der Waals surface area contributed by atoms with Gasteiger partial charge in [0.25, 0.3) is 11.5 Å². The van der Waals surface area contributed by atoms with Crippen LogP contribution in [0.4, 0.5) is 10.1 Å². The Hall–Kier alpha value is -2.83. The predicted octanol–water partition coefficient (Wildman–Crippen LogP) is 4.18. The van der Waals surface area contributed by atoms with Gasteiger partial charge in [-0.05, 0) is 48.0 Å². The maximum Gasteiger partial charge on any atom is 0.295 e. The van der Waals surface area contributed by atoms with E-state index in [1.165, 1.54) is 42.6 Å². The van der Waals surface area contributed by atoms with Crippen LogP contribution in [-0.4, -0.2) is 10.6 Å². The molecule has 2 aromatic carbocycles. The van der Waals surface area contributed by atoms with E-state index in [0.717, 1.165) is 4.73 Å². The molecule has 0 radical (unpaired) electrons. The van der Waals surface area contributed by atoms with Crippen LogP contribution < -0.4 is 15.7 Å². The van der Waals surface area contributed by atoms with Gasteiger partial charge in [0.2, 0.25) is 0 Å². The molecular formula is C19H13Cl2FN2O3. The number of carbonyl (C=O) groups excluding carboxylic acids is 1. The Bertz CT molecular complexity index is 1040. The van der Waals surface area contributed by atoms with Crippen LogP contribution in [0, 0.1) is 5.82 Å². The molecular weight excluding hydrogens is 394 g/mol. The molecule has 0 fully saturated rings. The van der Waals surface area contributed by atoms with E-state index in [1.807, 2.05) is 0 Å². The normalized spacial score (nSPS) is 10.5. The summed E-state index contributed by atoms with van der Waals surface area (Å²) in [4.78, 5) is 30.3. The highest BCUT2D eigenvalue weighted by atomic mass is 35.5. The van der Waals surface area contributed by atoms with Gasteiger partial charge in [0.05, 0.1) is 10.7 Å². The average molecular weight is 407 g/mol. The molecule has 5 nitrogen and oxygen atoms in total. The summed E-state index contributed by atoms with van der Waals surface area (Å²) < 4.78 is 13.9. The summed E-state index contributed by atoms with van der Waals surface area (Å²) in [5.74, 6) is -1.00. The van der Waals surface area contributed by atoms with E-state index in [1.54, 1.807) is 18.2 Å². The number of rotatable bonds is 5. The Morgan fingerprint density at radius 2 is 1.85 bits per heavy atom. The summed E-state index contributed by atoms with van der Waals surface area (Å²) in [6.07, 6.45) is 1.39. The minimum absolute atomic E-state index is 0.0360. The zero-order valence-electron chi connectivity index (χ0n) is 13.8. The second kappa shape index (κ2) is 8.24. The molecule has 138 valence electrons. The number of pyridine rings is 1. The summed E-state index contributed by atoms with van der Waals surface area (Å²) in [6.45, 7) is 0.0360. The van der Waals surface area contributed by atoms with Gasteiger partial charge in [0.15, 0.2) is 0 Å². The lowest BCUT2D eigenvalue weighted by atomic mass is 10.2. The van der Waals surface area contributed by atoms with Crippen LogP contribution in [0.2, 0.25) is 10.0 Å². The lowest BCUT2D eigenvalue weighted by Crippen LogP contribution is -2.32. The van der Waals surface area contributed by atoms with Crippen molar-refractivity contribution >= 4 is 34.8 Å². The summed E-state index contributed by atoms with van der Waals surface area (Å²) in [7, 11) is 0. The van der Waals surface area contributed by atoms with Crippen LogP contribution in [0.15, 0.2) is 65.6 Å². The summed E-state index contributed by atoms with van der Waals surface area (Å²) in [6, 6.07) is 13.1. The van der Waals surface area contributed by atoms with E-state index in [0.29, 0.717) is 16.3 Å². The second-order valence-corrected chi connectivity index (χ2v) is 6.37. The molecule has 0 unspecified atom stereocenters. The van der Waals surface area contributed by atoms with E-state index in [4.69, 9.17) is 28.0 Å². The Balaban J connectivity index is 1.76. The first-order chi connectivity index (χ1) is 12.9. The maximum atomic E-state index is 12.9. The second-order valence-electron chi connectivity index (χ2n) is 5.53. The number of nitrogens with zero attached hydrogens (tertiary/aromatic N) is 1. The van der Waals surface area contributed by atoms with Crippen LogP contribution >= 0.6 is 23.2 Å². The van der Waals surface area contributed by atoms with E-state index < -0.39 is 11.5 Å². The molecule has 0 saturated carbocycles. The first-order valence-corrected chi connectivity index (χ1v) is 8.55. The molecule has 0 saturated heterocycles. The zero-order valence-corrected chi connectivity index (χ0v) is 15.3. The fourth-order valence-electron chi connectivity index (χ4n) is 2.25. The molecule has 0 bridgehead atoms. The molecule has 0 aliphatic rings. The van der Waals surface area contributed by atoms with Crippen LogP contribution in [-0.2, 0) is 6.61 Å². The number of aromatic nitrogens is 1. The highest BCUT2D eigenvalue weighted by Gasteiger charge is 2.14. The number of hydrogen-bond donors (Lipinski definition) is 1. The monoisotopic (exact) mass is 406 g/mol. The smallest absolute Gasteiger partial charge is 0.295 e. The van der Waals surface area contributed by atoms with Crippen molar-refractivity contribution in [2.24, 2.45) is 0 Å². The SMILES string of the molecule is O=C(Nc1ccc(Cl)cc1Cl)c1cccn(OCc2ccc(F)cc2)c1=O. The van der Waals surface area contributed by atoms with Gasteiger partial charge in [-0.3, -0.25) is 9.59 Å². The van der Waals surface area contributed by atoms with Gasteiger partial charge in [0, 0.05) is 11.2 Å². The molecule has 0 spiro atoms. The van der Waals surface area contributed by atoms with Crippen LogP contribution in [0.5, 0.6) is 0 Å². The summed E-state index contributed by atoms with van der Waals surface area (Å²) >= 11 is 11.8. The standard InChI is InChI=1S/C19H13Cl2FN2O3/c20-13-5-8-17(16(21)10-13)23-18(25)15-2-1-9-24(19(15)26)27-11-12-3-6-14(22)7-4-12/h1-10H,11H2,(H,23,25). The van der Waals surface area contributed by atoms with Crippen molar-refractivity contribution in [3.05, 3.63) is 98.1 Å². The van der Waals surface area contributed by atoms with Crippen LogP contribution in [0.3, 0.4) is 0 Å². The van der Waals surface area contributed by atoms with Crippen molar-refractivity contribution in [1.29, 1.82) is 0 Å². The number of nitrogens with one attached hydrogen (secondary N) is 1. The molecule has 1 heterocycles. The van der Waals surface area contributed by atoms with Gasteiger partial charge < -0.3 is 10.2 Å². The highest BCUT2D eigenvalue weighted by Crippen LogP contribution is 2.25. The molecule has 0 atom stereocenters. The fraction of sp³-hybridized carbons (Fsp3) is 0.0526. The number of amides is 1. The lowest BCUT2D eigenvalue weighted by molar-refractivity contribution is 0.0863. The third-order valence-corrected chi connectivity index (χ3v) is 4.17. The number of carbonyl (C=O) groups is 1. The third-order valence-electron chi connectivity index (χ3n) is 3.62. The largest absolute Gasteiger partial charge is 0.406 e. The van der Waals surface area contributed by atoms with Gasteiger partial charge in [-0.15, -0.1) is 0 Å². The van der Waals surface area contributed by atoms with Crippen molar-refractivity contribution in [2.45, 2.75) is 6.61 Å². The number of halogens is 3. The molecule has 0 aliphatic heterocycles. The number of hydrogen-bond acceptors (Lipinski definition) is 3. The lowest BCUT2D eigenvalue weighted by Gasteiger charge is -2.11. The molecule has 1 amide bonds. The van der Waals surface area contributed by atoms with Crippen LogP contribution in [0.25, 0.3) is 0 Å². The van der Waals surface area contributed by atoms with Crippen LogP contribution in [0.1, 0.15) is 15.9 Å². The predicted molar refractivity (Wildman–Crippen MR) is 102 cm³/mol. The Morgan fingerprint density at radius 3 is 2.56 bits per heavy atom. The highest BCUT2D eigenvalue weighted by molar-refractivity contribution is 6.36. The average Bonchev–Trinajstić information content (AvgIpc) is 2.64.